The van der Waals surface area contributed by atoms with Crippen LogP contribution in [0.4, 0.5) is 0 Å². The van der Waals surface area contributed by atoms with Crippen molar-refractivity contribution in [2.75, 3.05) is 0 Å². The van der Waals surface area contributed by atoms with E-state index in [1.165, 1.54) is 6.20 Å². The molecule has 1 fully saturated rings. The summed E-state index contributed by atoms with van der Waals surface area (Å²) >= 11 is 0. The molecule has 2 N–H and O–H groups in total. The van der Waals surface area contributed by atoms with E-state index >= 15 is 0 Å². The highest BCUT2D eigenvalue weighted by Crippen LogP contribution is 2.36. The zero-order chi connectivity index (χ0) is 17.4. The summed E-state index contributed by atoms with van der Waals surface area (Å²) in [5.74, 6) is 1.43. The van der Waals surface area contributed by atoms with Gasteiger partial charge >= 0.3 is 0 Å². The highest BCUT2D eigenvalue weighted by Gasteiger charge is 2.35. The van der Waals surface area contributed by atoms with Gasteiger partial charge in [-0.2, -0.15) is 0 Å². The molecule has 25 heavy (non-hydrogen) atoms. The molecule has 8 nitrogen and oxygen atoms in total. The number of hydrogen-bond donors (Lipinski definition) is 2. The molecule has 8 heteroatoms. The number of aromatic nitrogens is 5. The van der Waals surface area contributed by atoms with Gasteiger partial charge in [0.1, 0.15) is 18.1 Å². The molecular formula is C17H18N6O2. The van der Waals surface area contributed by atoms with Gasteiger partial charge in [-0.05, 0) is 25.0 Å². The number of benzene rings is 1. The molecule has 0 aliphatic heterocycles. The SMILES string of the molecule is Cn1c(CO)nnc1C1CC(NC(=O)c2cnc3ccccc3n2)C1. The Hall–Kier alpha value is -2.87. The smallest absolute Gasteiger partial charge is 0.271 e. The third kappa shape index (κ3) is 2.85. The summed E-state index contributed by atoms with van der Waals surface area (Å²) in [6.45, 7) is -0.128. The molecule has 0 atom stereocenters. The monoisotopic (exact) mass is 338 g/mol. The summed E-state index contributed by atoms with van der Waals surface area (Å²) in [5.41, 5.74) is 1.80. The molecule has 2 aromatic heterocycles. The Kier molecular flexibility index (Phi) is 3.89. The Morgan fingerprint density at radius 1 is 1.28 bits per heavy atom. The number of carbonyl (C=O) groups excluding carboxylic acids is 1. The van der Waals surface area contributed by atoms with Crippen molar-refractivity contribution in [3.63, 3.8) is 0 Å². The van der Waals surface area contributed by atoms with Gasteiger partial charge in [0.25, 0.3) is 5.91 Å². The first-order valence-corrected chi connectivity index (χ1v) is 8.17. The van der Waals surface area contributed by atoms with Gasteiger partial charge in [0.2, 0.25) is 0 Å². The van der Waals surface area contributed by atoms with Gasteiger partial charge in [0.15, 0.2) is 5.82 Å². The predicted octanol–water partition coefficient (Wildman–Crippen LogP) is 0.927. The molecule has 1 aliphatic carbocycles. The minimum atomic E-state index is -0.212. The fraction of sp³-hybridized carbons (Fsp3) is 0.353. The van der Waals surface area contributed by atoms with Gasteiger partial charge < -0.3 is 15.0 Å². The van der Waals surface area contributed by atoms with E-state index < -0.39 is 0 Å². The molecule has 3 aromatic rings. The largest absolute Gasteiger partial charge is 0.388 e. The summed E-state index contributed by atoms with van der Waals surface area (Å²) in [6.07, 6.45) is 3.10. The van der Waals surface area contributed by atoms with Crippen molar-refractivity contribution in [2.45, 2.75) is 31.4 Å². The normalized spacial score (nSPS) is 19.6. The third-order valence-corrected chi connectivity index (χ3v) is 4.66. The summed E-state index contributed by atoms with van der Waals surface area (Å²) in [7, 11) is 1.84. The van der Waals surface area contributed by atoms with Crippen molar-refractivity contribution in [1.29, 1.82) is 0 Å². The van der Waals surface area contributed by atoms with Crippen LogP contribution in [0.5, 0.6) is 0 Å². The number of nitrogens with one attached hydrogen (secondary N) is 1. The Labute approximate surface area is 143 Å². The van der Waals surface area contributed by atoms with E-state index in [2.05, 4.69) is 25.5 Å². The topological polar surface area (TPSA) is 106 Å². The van der Waals surface area contributed by atoms with Gasteiger partial charge in [0.05, 0.1) is 17.2 Å². The van der Waals surface area contributed by atoms with Crippen LogP contribution in [-0.2, 0) is 13.7 Å². The average Bonchev–Trinajstić information content (AvgIpc) is 2.97. The number of nitrogens with zero attached hydrogens (tertiary/aromatic N) is 5. The summed E-state index contributed by atoms with van der Waals surface area (Å²) in [5, 5.41) is 20.3. The highest BCUT2D eigenvalue weighted by molar-refractivity contribution is 5.94. The second-order valence-electron chi connectivity index (χ2n) is 6.27. The maximum Gasteiger partial charge on any atom is 0.271 e. The molecule has 1 aromatic carbocycles. The molecule has 0 spiro atoms. The van der Waals surface area contributed by atoms with Gasteiger partial charge in [-0.25, -0.2) is 4.98 Å². The van der Waals surface area contributed by atoms with Crippen molar-refractivity contribution < 1.29 is 9.90 Å². The number of fused-ring (bicyclic) bond motifs is 1. The lowest BCUT2D eigenvalue weighted by Gasteiger charge is -2.34. The number of amides is 1. The molecule has 1 saturated carbocycles. The van der Waals surface area contributed by atoms with E-state index in [0.717, 1.165) is 24.2 Å². The molecule has 1 aliphatic rings. The summed E-state index contributed by atoms with van der Waals surface area (Å²) < 4.78 is 1.82. The standard InChI is InChI=1S/C17H18N6O2/c1-23-15(9-24)21-22-16(23)10-6-11(7-10)19-17(25)14-8-18-12-4-2-3-5-13(12)20-14/h2-5,8,10-11,24H,6-7,9H2,1H3,(H,19,25). The Bertz CT molecular complexity index is 932. The lowest BCUT2D eigenvalue weighted by molar-refractivity contribution is 0.0901. The number of aliphatic hydroxyl groups is 1. The van der Waals surface area contributed by atoms with E-state index in [0.29, 0.717) is 17.0 Å². The Morgan fingerprint density at radius 2 is 2.04 bits per heavy atom. The maximum absolute atomic E-state index is 12.4. The van der Waals surface area contributed by atoms with Crippen molar-refractivity contribution in [3.05, 3.63) is 47.8 Å². The van der Waals surface area contributed by atoms with Gasteiger partial charge in [-0.1, -0.05) is 12.1 Å². The van der Waals surface area contributed by atoms with Gasteiger partial charge in [0, 0.05) is 19.0 Å². The van der Waals surface area contributed by atoms with Crippen LogP contribution in [0.15, 0.2) is 30.5 Å². The van der Waals surface area contributed by atoms with Gasteiger partial charge in [-0.3, -0.25) is 9.78 Å². The van der Waals surface area contributed by atoms with Crippen molar-refractivity contribution in [2.24, 2.45) is 7.05 Å². The Morgan fingerprint density at radius 3 is 2.76 bits per heavy atom. The number of para-hydroxylation sites is 2. The molecule has 0 radical (unpaired) electrons. The zero-order valence-electron chi connectivity index (χ0n) is 13.8. The van der Waals surface area contributed by atoms with Crippen LogP contribution in [0, 0.1) is 0 Å². The number of carbonyl (C=O) groups is 1. The van der Waals surface area contributed by atoms with Crippen molar-refractivity contribution in [1.82, 2.24) is 30.0 Å². The van der Waals surface area contributed by atoms with Crippen LogP contribution in [0.25, 0.3) is 11.0 Å². The van der Waals surface area contributed by atoms with Crippen molar-refractivity contribution in [3.8, 4) is 0 Å². The minimum Gasteiger partial charge on any atom is -0.388 e. The van der Waals surface area contributed by atoms with Crippen LogP contribution in [0.3, 0.4) is 0 Å². The fourth-order valence-corrected chi connectivity index (χ4v) is 3.14. The average molecular weight is 338 g/mol. The molecule has 128 valence electrons. The zero-order valence-corrected chi connectivity index (χ0v) is 13.8. The van der Waals surface area contributed by atoms with Gasteiger partial charge in [-0.15, -0.1) is 10.2 Å². The maximum atomic E-state index is 12.4. The second kappa shape index (κ2) is 6.21. The molecule has 4 rings (SSSR count). The molecule has 0 saturated heterocycles. The number of aliphatic hydroxyl groups excluding tert-OH is 1. The second-order valence-corrected chi connectivity index (χ2v) is 6.27. The van der Waals surface area contributed by atoms with Crippen LogP contribution in [0.1, 0.15) is 40.9 Å². The molecular weight excluding hydrogens is 320 g/mol. The summed E-state index contributed by atoms with van der Waals surface area (Å²) in [6, 6.07) is 7.55. The number of hydrogen-bond acceptors (Lipinski definition) is 6. The van der Waals surface area contributed by atoms with Crippen LogP contribution in [-0.4, -0.2) is 41.8 Å². The first-order chi connectivity index (χ1) is 12.2. The van der Waals surface area contributed by atoms with Crippen LogP contribution >= 0.6 is 0 Å². The third-order valence-electron chi connectivity index (χ3n) is 4.66. The van der Waals surface area contributed by atoms with E-state index in [4.69, 9.17) is 0 Å². The first kappa shape index (κ1) is 15.6. The van der Waals surface area contributed by atoms with E-state index in [1.54, 1.807) is 0 Å². The van der Waals surface area contributed by atoms with Crippen LogP contribution < -0.4 is 5.32 Å². The van der Waals surface area contributed by atoms with Crippen LogP contribution in [0.2, 0.25) is 0 Å². The predicted molar refractivity (Wildman–Crippen MR) is 89.7 cm³/mol. The van der Waals surface area contributed by atoms with E-state index in [1.807, 2.05) is 35.9 Å². The highest BCUT2D eigenvalue weighted by atomic mass is 16.3. The molecule has 0 bridgehead atoms. The molecule has 2 heterocycles. The van der Waals surface area contributed by atoms with Crippen molar-refractivity contribution >= 4 is 16.9 Å². The number of rotatable bonds is 4. The van der Waals surface area contributed by atoms with E-state index in [-0.39, 0.29) is 24.5 Å². The minimum absolute atomic E-state index is 0.0834. The molecule has 1 amide bonds. The Balaban J connectivity index is 1.40. The summed E-state index contributed by atoms with van der Waals surface area (Å²) in [4.78, 5) is 21.0. The molecule has 0 unspecified atom stereocenters. The lowest BCUT2D eigenvalue weighted by Crippen LogP contribution is -2.44. The fourth-order valence-electron chi connectivity index (χ4n) is 3.14. The van der Waals surface area contributed by atoms with E-state index in [9.17, 15) is 9.90 Å². The quantitative estimate of drug-likeness (QED) is 0.733. The lowest BCUT2D eigenvalue weighted by atomic mass is 9.79. The first-order valence-electron chi connectivity index (χ1n) is 8.17.